The van der Waals surface area contributed by atoms with Gasteiger partial charge in [0, 0.05) is 32.2 Å². The molecule has 2 heterocycles. The zero-order chi connectivity index (χ0) is 22.1. The number of para-hydroxylation sites is 1. The predicted molar refractivity (Wildman–Crippen MR) is 114 cm³/mol. The van der Waals surface area contributed by atoms with Gasteiger partial charge in [-0.2, -0.15) is 9.40 Å². The SMILES string of the molecule is Cc1ccccc1OCC(=O)N1CCN(S(=O)(=O)c2c(C)nn(C(C)C)c2C)CC1. The fraction of sp³-hybridized carbons (Fsp3) is 0.524. The molecule has 0 spiro atoms. The highest BCUT2D eigenvalue weighted by Gasteiger charge is 2.34. The lowest BCUT2D eigenvalue weighted by Gasteiger charge is -2.34. The molecule has 0 radical (unpaired) electrons. The van der Waals surface area contributed by atoms with E-state index in [1.54, 1.807) is 23.4 Å². The normalized spacial score (nSPS) is 15.6. The molecule has 1 aromatic heterocycles. The lowest BCUT2D eigenvalue weighted by Crippen LogP contribution is -2.51. The second-order valence-corrected chi connectivity index (χ2v) is 9.75. The molecule has 1 aliphatic heterocycles. The molecule has 0 aliphatic carbocycles. The van der Waals surface area contributed by atoms with E-state index in [4.69, 9.17) is 4.74 Å². The smallest absolute Gasteiger partial charge is 0.260 e. The Morgan fingerprint density at radius 3 is 2.30 bits per heavy atom. The van der Waals surface area contributed by atoms with Crippen LogP contribution in [0.15, 0.2) is 29.2 Å². The van der Waals surface area contributed by atoms with Crippen LogP contribution in [0.1, 0.15) is 36.8 Å². The van der Waals surface area contributed by atoms with Crippen molar-refractivity contribution in [1.82, 2.24) is 19.0 Å². The Hall–Kier alpha value is -2.39. The van der Waals surface area contributed by atoms with Crippen LogP contribution in [0.3, 0.4) is 0 Å². The molecule has 0 bridgehead atoms. The number of amides is 1. The summed E-state index contributed by atoms with van der Waals surface area (Å²) in [6, 6.07) is 7.61. The molecule has 1 aliphatic rings. The summed E-state index contributed by atoms with van der Waals surface area (Å²) in [7, 11) is -3.67. The Bertz CT molecular complexity index is 1020. The summed E-state index contributed by atoms with van der Waals surface area (Å²) in [6.45, 7) is 10.5. The van der Waals surface area contributed by atoms with Gasteiger partial charge in [-0.3, -0.25) is 9.48 Å². The van der Waals surface area contributed by atoms with Crippen LogP contribution in [0.2, 0.25) is 0 Å². The highest BCUT2D eigenvalue weighted by molar-refractivity contribution is 7.89. The highest BCUT2D eigenvalue weighted by atomic mass is 32.2. The number of hydrogen-bond donors (Lipinski definition) is 0. The van der Waals surface area contributed by atoms with Crippen LogP contribution in [-0.4, -0.2) is 66.1 Å². The van der Waals surface area contributed by atoms with Gasteiger partial charge in [-0.1, -0.05) is 18.2 Å². The molecule has 1 aromatic carbocycles. The van der Waals surface area contributed by atoms with E-state index in [1.807, 2.05) is 45.0 Å². The molecule has 0 unspecified atom stereocenters. The molecule has 1 amide bonds. The minimum Gasteiger partial charge on any atom is -0.484 e. The average Bonchev–Trinajstić information content (AvgIpc) is 3.02. The van der Waals surface area contributed by atoms with Crippen molar-refractivity contribution in [2.24, 2.45) is 0 Å². The lowest BCUT2D eigenvalue weighted by atomic mass is 10.2. The van der Waals surface area contributed by atoms with Crippen LogP contribution in [0.4, 0.5) is 0 Å². The van der Waals surface area contributed by atoms with Gasteiger partial charge in [-0.25, -0.2) is 8.42 Å². The molecule has 2 aromatic rings. The molecule has 3 rings (SSSR count). The van der Waals surface area contributed by atoms with Gasteiger partial charge >= 0.3 is 0 Å². The molecule has 0 atom stereocenters. The van der Waals surface area contributed by atoms with Crippen molar-refractivity contribution in [3.63, 3.8) is 0 Å². The van der Waals surface area contributed by atoms with Crippen molar-refractivity contribution in [2.45, 2.75) is 45.6 Å². The van der Waals surface area contributed by atoms with Crippen molar-refractivity contribution in [3.05, 3.63) is 41.2 Å². The summed E-state index contributed by atoms with van der Waals surface area (Å²) in [5.74, 6) is 0.537. The Morgan fingerprint density at radius 1 is 1.10 bits per heavy atom. The standard InChI is InChI=1S/C21H30N4O4S/c1-15(2)25-18(5)21(17(4)22-25)30(27,28)24-12-10-23(11-13-24)20(26)14-29-19-9-7-6-8-16(19)3/h6-9,15H,10-14H2,1-5H3. The summed E-state index contributed by atoms with van der Waals surface area (Å²) >= 11 is 0. The average molecular weight is 435 g/mol. The number of carbonyl (C=O) groups excluding carboxylic acids is 1. The molecule has 8 nitrogen and oxygen atoms in total. The molecular formula is C21H30N4O4S. The minimum absolute atomic E-state index is 0.0586. The number of carbonyl (C=O) groups is 1. The van der Waals surface area contributed by atoms with Gasteiger partial charge in [0.05, 0.1) is 11.4 Å². The first-order valence-corrected chi connectivity index (χ1v) is 11.6. The summed E-state index contributed by atoms with van der Waals surface area (Å²) in [5.41, 5.74) is 2.12. The molecule has 0 saturated carbocycles. The second kappa shape index (κ2) is 8.77. The first kappa shape index (κ1) is 22.3. The van der Waals surface area contributed by atoms with E-state index in [0.717, 1.165) is 5.56 Å². The van der Waals surface area contributed by atoms with Crippen molar-refractivity contribution in [3.8, 4) is 5.75 Å². The molecule has 164 valence electrons. The Morgan fingerprint density at radius 2 is 1.73 bits per heavy atom. The third-order valence-corrected chi connectivity index (χ3v) is 7.53. The number of rotatable bonds is 6. The quantitative estimate of drug-likeness (QED) is 0.697. The van der Waals surface area contributed by atoms with E-state index in [1.165, 1.54) is 4.31 Å². The third-order valence-electron chi connectivity index (χ3n) is 5.38. The molecule has 1 fully saturated rings. The minimum atomic E-state index is -3.67. The van der Waals surface area contributed by atoms with Crippen LogP contribution < -0.4 is 4.74 Å². The van der Waals surface area contributed by atoms with Crippen LogP contribution in [0, 0.1) is 20.8 Å². The van der Waals surface area contributed by atoms with Gasteiger partial charge in [0.15, 0.2) is 6.61 Å². The maximum absolute atomic E-state index is 13.2. The van der Waals surface area contributed by atoms with Crippen LogP contribution >= 0.6 is 0 Å². The maximum Gasteiger partial charge on any atom is 0.260 e. The zero-order valence-electron chi connectivity index (χ0n) is 18.3. The van der Waals surface area contributed by atoms with Crippen molar-refractivity contribution >= 4 is 15.9 Å². The third kappa shape index (κ3) is 4.37. The van der Waals surface area contributed by atoms with E-state index in [9.17, 15) is 13.2 Å². The van der Waals surface area contributed by atoms with Gasteiger partial charge in [0.1, 0.15) is 10.6 Å². The van der Waals surface area contributed by atoms with Crippen LogP contribution in [0.25, 0.3) is 0 Å². The van der Waals surface area contributed by atoms with Crippen molar-refractivity contribution in [2.75, 3.05) is 32.8 Å². The van der Waals surface area contributed by atoms with Crippen molar-refractivity contribution in [1.29, 1.82) is 0 Å². The predicted octanol–water partition coefficient (Wildman–Crippen LogP) is 2.30. The number of sulfonamides is 1. The number of aromatic nitrogens is 2. The van der Waals surface area contributed by atoms with Gasteiger partial charge in [-0.15, -0.1) is 0 Å². The first-order valence-electron chi connectivity index (χ1n) is 10.1. The first-order chi connectivity index (χ1) is 14.1. The monoisotopic (exact) mass is 434 g/mol. The van der Waals surface area contributed by atoms with Crippen molar-refractivity contribution < 1.29 is 17.9 Å². The maximum atomic E-state index is 13.2. The molecule has 1 saturated heterocycles. The highest BCUT2D eigenvalue weighted by Crippen LogP contribution is 2.26. The van der Waals surface area contributed by atoms with E-state index in [-0.39, 0.29) is 36.5 Å². The zero-order valence-corrected chi connectivity index (χ0v) is 19.1. The fourth-order valence-corrected chi connectivity index (χ4v) is 5.56. The Kier molecular flexibility index (Phi) is 6.52. The summed E-state index contributed by atoms with van der Waals surface area (Å²) in [4.78, 5) is 14.4. The Balaban J connectivity index is 1.64. The molecule has 0 N–H and O–H groups in total. The summed E-state index contributed by atoms with van der Waals surface area (Å²) < 4.78 is 35.3. The van der Waals surface area contributed by atoms with Gasteiger partial charge in [0.25, 0.3) is 5.91 Å². The number of piperazine rings is 1. The Labute approximate surface area is 178 Å². The lowest BCUT2D eigenvalue weighted by molar-refractivity contribution is -0.134. The molecule has 30 heavy (non-hydrogen) atoms. The van der Waals surface area contributed by atoms with Gasteiger partial charge in [-0.05, 0) is 46.2 Å². The van der Waals surface area contributed by atoms with Crippen LogP contribution in [0.5, 0.6) is 5.75 Å². The number of hydrogen-bond acceptors (Lipinski definition) is 5. The second-order valence-electron chi connectivity index (χ2n) is 7.88. The van der Waals surface area contributed by atoms with E-state index < -0.39 is 10.0 Å². The number of benzene rings is 1. The molecular weight excluding hydrogens is 404 g/mol. The fourth-order valence-electron chi connectivity index (χ4n) is 3.78. The van der Waals surface area contributed by atoms with E-state index >= 15 is 0 Å². The number of ether oxygens (including phenoxy) is 1. The molecule has 9 heteroatoms. The number of nitrogens with zero attached hydrogens (tertiary/aromatic N) is 4. The largest absolute Gasteiger partial charge is 0.484 e. The summed E-state index contributed by atoms with van der Waals surface area (Å²) in [5, 5.41) is 4.40. The number of aryl methyl sites for hydroxylation is 2. The van der Waals surface area contributed by atoms with Crippen LogP contribution in [-0.2, 0) is 14.8 Å². The topological polar surface area (TPSA) is 84.7 Å². The van der Waals surface area contributed by atoms with E-state index in [2.05, 4.69) is 5.10 Å². The van der Waals surface area contributed by atoms with Gasteiger partial charge < -0.3 is 9.64 Å². The van der Waals surface area contributed by atoms with E-state index in [0.29, 0.717) is 30.2 Å². The summed E-state index contributed by atoms with van der Waals surface area (Å²) in [6.07, 6.45) is 0. The van der Waals surface area contributed by atoms with Gasteiger partial charge in [0.2, 0.25) is 10.0 Å².